The van der Waals surface area contributed by atoms with Gasteiger partial charge in [-0.05, 0) is 37.5 Å². The fourth-order valence-corrected chi connectivity index (χ4v) is 1.91. The molecule has 0 saturated carbocycles. The van der Waals surface area contributed by atoms with Crippen molar-refractivity contribution in [3.05, 3.63) is 41.9 Å². The number of rotatable bonds is 5. The molecule has 19 heavy (non-hydrogen) atoms. The Bertz CT molecular complexity index is 449. The van der Waals surface area contributed by atoms with E-state index in [9.17, 15) is 0 Å². The molecule has 4 heteroatoms. The summed E-state index contributed by atoms with van der Waals surface area (Å²) in [7, 11) is 0. The Morgan fingerprint density at radius 3 is 2.74 bits per heavy atom. The van der Waals surface area contributed by atoms with Crippen molar-refractivity contribution in [1.29, 1.82) is 0 Å². The first-order valence-corrected chi connectivity index (χ1v) is 6.56. The minimum atomic E-state index is 0. The molecular weight excluding hydrogens is 238 g/mol. The number of nitrogens with two attached hydrogens (primary N) is 1. The molecular formula is C15H23N3O. The maximum atomic E-state index is 5.84. The number of hydrogen-bond acceptors (Lipinski definition) is 4. The van der Waals surface area contributed by atoms with Crippen molar-refractivity contribution in [2.45, 2.75) is 32.6 Å². The summed E-state index contributed by atoms with van der Waals surface area (Å²) in [5, 5.41) is 0. The first-order chi connectivity index (χ1) is 8.81. The fourth-order valence-electron chi connectivity index (χ4n) is 1.91. The van der Waals surface area contributed by atoms with Crippen molar-refractivity contribution in [1.82, 2.24) is 11.1 Å². The van der Waals surface area contributed by atoms with Crippen LogP contribution < -0.4 is 11.9 Å². The smallest absolute Gasteiger partial charge is 0.124 e. The summed E-state index contributed by atoms with van der Waals surface area (Å²) in [6.45, 7) is 2.94. The Morgan fingerprint density at radius 2 is 2.05 bits per heavy atom. The fraction of sp³-hybridized carbons (Fsp3) is 0.400. The van der Waals surface area contributed by atoms with E-state index in [4.69, 9.17) is 10.5 Å². The minimum Gasteiger partial charge on any atom is -0.493 e. The second-order valence-corrected chi connectivity index (χ2v) is 4.44. The first kappa shape index (κ1) is 15.2. The van der Waals surface area contributed by atoms with E-state index in [1.54, 1.807) is 6.20 Å². The van der Waals surface area contributed by atoms with Crippen molar-refractivity contribution in [3.63, 3.8) is 0 Å². The molecule has 0 amide bonds. The van der Waals surface area contributed by atoms with Gasteiger partial charge in [0.1, 0.15) is 5.76 Å². The monoisotopic (exact) mass is 261 g/mol. The van der Waals surface area contributed by atoms with Gasteiger partial charge in [-0.25, -0.2) is 0 Å². The molecule has 0 fully saturated rings. The van der Waals surface area contributed by atoms with E-state index in [-0.39, 0.29) is 6.15 Å². The lowest BCUT2D eigenvalue weighted by Crippen LogP contribution is -2.03. The molecule has 1 aliphatic rings. The van der Waals surface area contributed by atoms with Crippen molar-refractivity contribution in [3.8, 4) is 0 Å². The quantitative estimate of drug-likeness (QED) is 0.791. The Morgan fingerprint density at radius 1 is 1.26 bits per heavy atom. The van der Waals surface area contributed by atoms with Gasteiger partial charge in [0.05, 0.1) is 24.2 Å². The number of unbranched alkanes of at least 4 members (excludes halogenated alkanes) is 1. The van der Waals surface area contributed by atoms with E-state index in [2.05, 4.69) is 24.1 Å². The number of aromatic nitrogens is 1. The number of pyridine rings is 1. The highest BCUT2D eigenvalue weighted by molar-refractivity contribution is 5.76. The molecule has 0 aromatic carbocycles. The third-order valence-electron chi connectivity index (χ3n) is 2.93. The molecule has 0 radical (unpaired) electrons. The van der Waals surface area contributed by atoms with E-state index >= 15 is 0 Å². The van der Waals surface area contributed by atoms with Gasteiger partial charge in [-0.2, -0.15) is 0 Å². The van der Waals surface area contributed by atoms with Crippen LogP contribution in [0.2, 0.25) is 0 Å². The lowest BCUT2D eigenvalue weighted by molar-refractivity contribution is 0.220. The molecule has 0 unspecified atom stereocenters. The highest BCUT2D eigenvalue weighted by Crippen LogP contribution is 2.28. The van der Waals surface area contributed by atoms with Gasteiger partial charge in [0.2, 0.25) is 0 Å². The van der Waals surface area contributed by atoms with Crippen molar-refractivity contribution in [2.24, 2.45) is 0 Å². The van der Waals surface area contributed by atoms with Gasteiger partial charge in [0.25, 0.3) is 0 Å². The van der Waals surface area contributed by atoms with Gasteiger partial charge in [0.15, 0.2) is 0 Å². The lowest BCUT2D eigenvalue weighted by Gasteiger charge is -2.17. The summed E-state index contributed by atoms with van der Waals surface area (Å²) in [6.07, 6.45) is 10.4. The molecule has 1 heterocycles. The molecule has 1 aromatic heterocycles. The highest BCUT2D eigenvalue weighted by atomic mass is 16.5. The molecule has 0 bridgehead atoms. The second-order valence-electron chi connectivity index (χ2n) is 4.44. The van der Waals surface area contributed by atoms with Crippen LogP contribution in [0, 0.1) is 0 Å². The van der Waals surface area contributed by atoms with Crippen molar-refractivity contribution in [2.75, 3.05) is 12.3 Å². The molecule has 2 rings (SSSR count). The number of nitrogen functional groups attached to an aromatic ring is 1. The summed E-state index contributed by atoms with van der Waals surface area (Å²) in [5.41, 5.74) is 8.38. The van der Waals surface area contributed by atoms with Gasteiger partial charge in [-0.15, -0.1) is 0 Å². The third-order valence-corrected chi connectivity index (χ3v) is 2.93. The van der Waals surface area contributed by atoms with Crippen molar-refractivity contribution >= 4 is 11.3 Å². The molecule has 104 valence electrons. The lowest BCUT2D eigenvalue weighted by atomic mass is 10.0. The first-order valence-electron chi connectivity index (χ1n) is 6.56. The molecule has 0 atom stereocenters. The Labute approximate surface area is 115 Å². The maximum absolute atomic E-state index is 5.84. The van der Waals surface area contributed by atoms with Gasteiger partial charge in [-0.1, -0.05) is 19.4 Å². The molecule has 4 nitrogen and oxygen atoms in total. The summed E-state index contributed by atoms with van der Waals surface area (Å²) in [5.74, 6) is 0.965. The minimum absolute atomic E-state index is 0. The van der Waals surface area contributed by atoms with Gasteiger partial charge >= 0.3 is 0 Å². The van der Waals surface area contributed by atoms with Crippen LogP contribution in [0.15, 0.2) is 36.2 Å². The number of allylic oxidation sites excluding steroid dienone is 3. The summed E-state index contributed by atoms with van der Waals surface area (Å²) < 4.78 is 5.84. The SMILES string of the molecule is CCCCOC1=CCCC=C1c1ccc(N)cn1.N. The van der Waals surface area contributed by atoms with E-state index in [1.165, 1.54) is 0 Å². The predicted octanol–water partition coefficient (Wildman–Crippen LogP) is 3.70. The zero-order valence-electron chi connectivity index (χ0n) is 11.6. The second kappa shape index (κ2) is 7.59. The Hall–Kier alpha value is -1.81. The van der Waals surface area contributed by atoms with Crippen LogP contribution >= 0.6 is 0 Å². The number of anilines is 1. The topological polar surface area (TPSA) is 83.1 Å². The van der Waals surface area contributed by atoms with Gasteiger partial charge in [-0.3, -0.25) is 4.98 Å². The van der Waals surface area contributed by atoms with Crippen molar-refractivity contribution < 1.29 is 4.74 Å². The Kier molecular flexibility index (Phi) is 6.09. The standard InChI is InChI=1S/C15H20N2O.H3N/c1-2-3-10-18-15-7-5-4-6-13(15)14-9-8-12(16)11-17-14;/h6-9,11H,2-5,10,16H2,1H3;1H3. The zero-order chi connectivity index (χ0) is 12.8. The number of hydrogen-bond donors (Lipinski definition) is 2. The highest BCUT2D eigenvalue weighted by Gasteiger charge is 2.13. The number of ether oxygens (including phenoxy) is 1. The Balaban J connectivity index is 0.00000180. The molecule has 0 saturated heterocycles. The van der Waals surface area contributed by atoms with Gasteiger partial charge < -0.3 is 16.6 Å². The van der Waals surface area contributed by atoms with E-state index in [0.717, 1.165) is 49.3 Å². The third kappa shape index (κ3) is 4.10. The van der Waals surface area contributed by atoms with Crippen LogP contribution in [0.25, 0.3) is 5.57 Å². The zero-order valence-corrected chi connectivity index (χ0v) is 11.6. The van der Waals surface area contributed by atoms with Gasteiger partial charge in [0, 0.05) is 5.57 Å². The van der Waals surface area contributed by atoms with E-state index in [0.29, 0.717) is 5.69 Å². The van der Waals surface area contributed by atoms with Crippen LogP contribution in [0.4, 0.5) is 5.69 Å². The average Bonchev–Trinajstić information content (AvgIpc) is 2.41. The van der Waals surface area contributed by atoms with Crippen LogP contribution in [-0.4, -0.2) is 11.6 Å². The average molecular weight is 261 g/mol. The number of nitrogens with zero attached hydrogens (tertiary/aromatic N) is 1. The normalized spacial score (nSPS) is 14.2. The van der Waals surface area contributed by atoms with Crippen LogP contribution in [0.5, 0.6) is 0 Å². The van der Waals surface area contributed by atoms with E-state index < -0.39 is 0 Å². The van der Waals surface area contributed by atoms with Crippen LogP contribution in [0.3, 0.4) is 0 Å². The summed E-state index contributed by atoms with van der Waals surface area (Å²) >= 11 is 0. The maximum Gasteiger partial charge on any atom is 0.124 e. The predicted molar refractivity (Wildman–Crippen MR) is 79.8 cm³/mol. The van der Waals surface area contributed by atoms with Crippen LogP contribution in [0.1, 0.15) is 38.3 Å². The summed E-state index contributed by atoms with van der Waals surface area (Å²) in [6, 6.07) is 3.82. The largest absolute Gasteiger partial charge is 0.493 e. The summed E-state index contributed by atoms with van der Waals surface area (Å²) in [4.78, 5) is 4.37. The molecule has 0 aliphatic heterocycles. The van der Waals surface area contributed by atoms with E-state index in [1.807, 2.05) is 12.1 Å². The van der Waals surface area contributed by atoms with Crippen LogP contribution in [-0.2, 0) is 4.74 Å². The molecule has 5 N–H and O–H groups in total. The molecule has 1 aromatic rings. The molecule has 1 aliphatic carbocycles. The molecule has 0 spiro atoms.